The quantitative estimate of drug-likeness (QED) is 0.333. The Balaban J connectivity index is 1.47. The predicted octanol–water partition coefficient (Wildman–Crippen LogP) is 3.77. The lowest BCUT2D eigenvalue weighted by Crippen LogP contribution is -2.66. The molecule has 1 aromatic heterocycles. The minimum Gasteiger partial charge on any atom is -0.497 e. The number of amides is 2. The molecule has 3 aromatic rings. The molecule has 0 bridgehead atoms. The Bertz CT molecular complexity index is 1180. The number of imidazole rings is 1. The molecule has 0 radical (unpaired) electrons. The molecule has 2 amide bonds. The van der Waals surface area contributed by atoms with Crippen LogP contribution in [0.1, 0.15) is 43.0 Å². The number of carbonyl (C=O) groups is 2. The Kier molecular flexibility index (Phi) is 9.12. The van der Waals surface area contributed by atoms with Gasteiger partial charge in [-0.1, -0.05) is 37.6 Å². The molecular weight excluding hydrogens is 487 g/mol. The Hall–Kier alpha value is -3.72. The second-order valence-electron chi connectivity index (χ2n) is 9.63. The van der Waals surface area contributed by atoms with Gasteiger partial charge in [0, 0.05) is 25.6 Å². The van der Waals surface area contributed by atoms with Gasteiger partial charge in [0.25, 0.3) is 0 Å². The summed E-state index contributed by atoms with van der Waals surface area (Å²) < 4.78 is 25.1. The van der Waals surface area contributed by atoms with E-state index >= 15 is 0 Å². The molecule has 8 nitrogen and oxygen atoms in total. The molecule has 38 heavy (non-hydrogen) atoms. The van der Waals surface area contributed by atoms with Gasteiger partial charge in [0.15, 0.2) is 0 Å². The lowest BCUT2D eigenvalue weighted by Gasteiger charge is -2.51. The van der Waals surface area contributed by atoms with Crippen LogP contribution in [0, 0.1) is 5.82 Å². The molecule has 1 aliphatic heterocycles. The largest absolute Gasteiger partial charge is 0.497 e. The molecule has 1 saturated heterocycles. The van der Waals surface area contributed by atoms with Crippen LogP contribution in [0.25, 0.3) is 0 Å². The number of ether oxygens (including phenoxy) is 2. The van der Waals surface area contributed by atoms with Gasteiger partial charge in [-0.25, -0.2) is 9.37 Å². The first-order chi connectivity index (χ1) is 18.4. The number of nitrogens with zero attached hydrogens (tertiary/aromatic N) is 2. The number of methoxy groups -OCH3 is 1. The first-order valence-electron chi connectivity index (χ1n) is 13.0. The van der Waals surface area contributed by atoms with Crippen LogP contribution in [-0.2, 0) is 32.8 Å². The van der Waals surface area contributed by atoms with E-state index in [9.17, 15) is 14.0 Å². The first-order valence-corrected chi connectivity index (χ1v) is 13.0. The number of benzene rings is 2. The molecule has 1 unspecified atom stereocenters. The van der Waals surface area contributed by atoms with E-state index in [-0.39, 0.29) is 24.1 Å². The van der Waals surface area contributed by atoms with Crippen molar-refractivity contribution in [3.05, 3.63) is 83.7 Å². The van der Waals surface area contributed by atoms with E-state index in [2.05, 4.69) is 22.2 Å². The molecule has 1 fully saturated rings. The smallest absolute Gasteiger partial charge is 0.245 e. The summed E-state index contributed by atoms with van der Waals surface area (Å²) in [6, 6.07) is 13.0. The normalized spacial score (nSPS) is 15.0. The number of halogens is 1. The number of aromatic amines is 1. The average Bonchev–Trinajstić information content (AvgIpc) is 3.43. The summed E-state index contributed by atoms with van der Waals surface area (Å²) in [6.07, 6.45) is 6.23. The van der Waals surface area contributed by atoms with Gasteiger partial charge in [-0.2, -0.15) is 0 Å². The number of H-pyrrole nitrogens is 1. The number of aryl methyl sites for hydroxylation is 1. The third-order valence-corrected chi connectivity index (χ3v) is 6.85. The number of hydrogen-bond donors (Lipinski definition) is 2. The van der Waals surface area contributed by atoms with E-state index in [1.165, 1.54) is 12.1 Å². The molecule has 202 valence electrons. The fraction of sp³-hybridized carbons (Fsp3) is 0.414. The van der Waals surface area contributed by atoms with Gasteiger partial charge in [0.2, 0.25) is 11.8 Å². The zero-order valence-corrected chi connectivity index (χ0v) is 21.9. The van der Waals surface area contributed by atoms with Crippen molar-refractivity contribution in [1.82, 2.24) is 20.2 Å². The van der Waals surface area contributed by atoms with E-state index in [1.807, 2.05) is 24.3 Å². The van der Waals surface area contributed by atoms with Crippen LogP contribution in [0.5, 0.6) is 5.75 Å². The lowest BCUT2D eigenvalue weighted by molar-refractivity contribution is -0.175. The van der Waals surface area contributed by atoms with Crippen LogP contribution in [0.4, 0.5) is 4.39 Å². The zero-order valence-electron chi connectivity index (χ0n) is 21.9. The van der Waals surface area contributed by atoms with Crippen molar-refractivity contribution in [3.8, 4) is 5.75 Å². The van der Waals surface area contributed by atoms with Crippen LogP contribution >= 0.6 is 0 Å². The Morgan fingerprint density at radius 3 is 2.53 bits per heavy atom. The minimum absolute atomic E-state index is 0.175. The van der Waals surface area contributed by atoms with Gasteiger partial charge in [-0.05, 0) is 48.2 Å². The highest BCUT2D eigenvalue weighted by molar-refractivity contribution is 5.88. The minimum atomic E-state index is -0.739. The summed E-state index contributed by atoms with van der Waals surface area (Å²) in [4.78, 5) is 35.3. The number of nitrogens with one attached hydrogen (secondary N) is 2. The van der Waals surface area contributed by atoms with E-state index < -0.39 is 11.6 Å². The maximum Gasteiger partial charge on any atom is 0.245 e. The second kappa shape index (κ2) is 12.7. The van der Waals surface area contributed by atoms with Crippen molar-refractivity contribution in [2.24, 2.45) is 0 Å². The highest BCUT2D eigenvalue weighted by atomic mass is 19.1. The van der Waals surface area contributed by atoms with Crippen LogP contribution in [0.3, 0.4) is 0 Å². The summed E-state index contributed by atoms with van der Waals surface area (Å²) in [5.74, 6) is 0.00711. The maximum atomic E-state index is 13.7. The van der Waals surface area contributed by atoms with E-state index in [1.54, 1.807) is 36.7 Å². The Morgan fingerprint density at radius 1 is 1.16 bits per heavy atom. The molecule has 2 aromatic carbocycles. The van der Waals surface area contributed by atoms with Gasteiger partial charge in [0.1, 0.15) is 23.2 Å². The summed E-state index contributed by atoms with van der Waals surface area (Å²) in [5.41, 5.74) is 1.84. The number of likely N-dealkylation sites (tertiary alicyclic amines) is 1. The van der Waals surface area contributed by atoms with Crippen LogP contribution in [0.15, 0.2) is 61.1 Å². The molecule has 1 aliphatic rings. The van der Waals surface area contributed by atoms with Gasteiger partial charge in [-0.3, -0.25) is 9.59 Å². The fourth-order valence-electron chi connectivity index (χ4n) is 4.60. The number of rotatable bonds is 13. The molecule has 0 aliphatic carbocycles. The van der Waals surface area contributed by atoms with Crippen LogP contribution in [-0.4, -0.2) is 59.5 Å². The number of unbranched alkanes of at least 4 members (excludes halogenated alkanes) is 1. The van der Waals surface area contributed by atoms with Crippen molar-refractivity contribution in [2.75, 3.05) is 26.8 Å². The maximum absolute atomic E-state index is 13.7. The molecule has 2 N–H and O–H groups in total. The number of aromatic nitrogens is 2. The molecule has 9 heteroatoms. The van der Waals surface area contributed by atoms with Gasteiger partial charge in [0.05, 0.1) is 32.2 Å². The van der Waals surface area contributed by atoms with Crippen molar-refractivity contribution >= 4 is 11.8 Å². The molecule has 1 atom stereocenters. The molecule has 0 saturated carbocycles. The topological polar surface area (TPSA) is 96.5 Å². The van der Waals surface area contributed by atoms with E-state index in [4.69, 9.17) is 9.47 Å². The molecule has 0 spiro atoms. The van der Waals surface area contributed by atoms with Gasteiger partial charge in [-0.15, -0.1) is 0 Å². The first kappa shape index (κ1) is 27.3. The zero-order chi connectivity index (χ0) is 27.0. The summed E-state index contributed by atoms with van der Waals surface area (Å²) in [6.45, 7) is 3.31. The number of carbonyl (C=O) groups excluding carboxylic acids is 2. The van der Waals surface area contributed by atoms with Crippen molar-refractivity contribution in [3.63, 3.8) is 0 Å². The Morgan fingerprint density at radius 2 is 1.89 bits per heavy atom. The van der Waals surface area contributed by atoms with Crippen LogP contribution in [0.2, 0.25) is 0 Å². The lowest BCUT2D eigenvalue weighted by atomic mass is 9.84. The third kappa shape index (κ3) is 6.77. The standard InChI is InChI=1S/C29H35FN4O4/c1-3-4-15-38-29(22-7-9-23(30)10-8-22)18-34(19-29)28(36)26(16-21-5-12-25(37-2)13-6-21)33-27(35)14-11-24-17-31-20-32-24/h5-10,12-13,17,20,26H,3-4,11,14-16,18-19H2,1-2H3,(H,31,32)(H,33,35). The van der Waals surface area contributed by atoms with Crippen molar-refractivity contribution in [1.29, 1.82) is 0 Å². The van der Waals surface area contributed by atoms with Crippen LogP contribution < -0.4 is 10.1 Å². The van der Waals surface area contributed by atoms with Gasteiger partial charge < -0.3 is 24.7 Å². The fourth-order valence-corrected chi connectivity index (χ4v) is 4.60. The molecule has 4 rings (SSSR count). The van der Waals surface area contributed by atoms with E-state index in [0.717, 1.165) is 35.4 Å². The van der Waals surface area contributed by atoms with Crippen molar-refractivity contribution in [2.45, 2.75) is 50.7 Å². The molecule has 2 heterocycles. The highest BCUT2D eigenvalue weighted by Crippen LogP contribution is 2.37. The number of hydrogen-bond acceptors (Lipinski definition) is 5. The summed E-state index contributed by atoms with van der Waals surface area (Å²) >= 11 is 0. The van der Waals surface area contributed by atoms with Gasteiger partial charge >= 0.3 is 0 Å². The van der Waals surface area contributed by atoms with E-state index in [0.29, 0.717) is 32.5 Å². The predicted molar refractivity (Wildman–Crippen MR) is 141 cm³/mol. The SMILES string of the molecule is CCCCOC1(c2ccc(F)cc2)CN(C(=O)C(Cc2ccc(OC)cc2)NC(=O)CCc2c[nH]cn2)C1. The molecular formula is C29H35FN4O4. The average molecular weight is 523 g/mol. The van der Waals surface area contributed by atoms with Crippen molar-refractivity contribution < 1.29 is 23.5 Å². The Labute approximate surface area is 222 Å². The summed E-state index contributed by atoms with van der Waals surface area (Å²) in [5, 5.41) is 2.94. The third-order valence-electron chi connectivity index (χ3n) is 6.85. The second-order valence-corrected chi connectivity index (χ2v) is 9.63. The monoisotopic (exact) mass is 522 g/mol. The summed E-state index contributed by atoms with van der Waals surface area (Å²) in [7, 11) is 1.60. The highest BCUT2D eigenvalue weighted by Gasteiger charge is 2.49.